The lowest BCUT2D eigenvalue weighted by Crippen LogP contribution is -2.12. The molecule has 2 aromatic rings. The van der Waals surface area contributed by atoms with Crippen LogP contribution in [0.4, 0.5) is 11.4 Å². The molecule has 0 aliphatic carbocycles. The summed E-state index contributed by atoms with van der Waals surface area (Å²) in [5.41, 5.74) is 13.8. The summed E-state index contributed by atoms with van der Waals surface area (Å²) in [6, 6.07) is 16.1. The molecular formula is C21H31N3O. The Morgan fingerprint density at radius 2 is 1.60 bits per heavy atom. The molecule has 0 aromatic heterocycles. The third kappa shape index (κ3) is 8.36. The van der Waals surface area contributed by atoms with Crippen LogP contribution in [0.3, 0.4) is 0 Å². The van der Waals surface area contributed by atoms with Crippen LogP contribution in [0.2, 0.25) is 0 Å². The average molecular weight is 341 g/mol. The minimum atomic E-state index is 0.185. The molecule has 0 fully saturated rings. The van der Waals surface area contributed by atoms with Gasteiger partial charge in [0.15, 0.2) is 0 Å². The van der Waals surface area contributed by atoms with Crippen LogP contribution in [0.15, 0.2) is 53.5 Å². The predicted octanol–water partition coefficient (Wildman–Crippen LogP) is 5.00. The molecule has 0 saturated heterocycles. The van der Waals surface area contributed by atoms with E-state index in [2.05, 4.69) is 43.4 Å². The third-order valence-electron chi connectivity index (χ3n) is 3.68. The van der Waals surface area contributed by atoms with Gasteiger partial charge in [-0.1, -0.05) is 50.6 Å². The van der Waals surface area contributed by atoms with Gasteiger partial charge in [0.2, 0.25) is 0 Å². The van der Waals surface area contributed by atoms with E-state index in [1.165, 1.54) is 11.1 Å². The second-order valence-electron chi connectivity index (χ2n) is 7.09. The van der Waals surface area contributed by atoms with Gasteiger partial charge in [0, 0.05) is 18.4 Å². The molecule has 136 valence electrons. The molecule has 3 N–H and O–H groups in total. The SMILES string of the molecule is CN=C(C)CONc1ccc(C(C)(C)C)cc1.Cc1ccc(N)cc1. The first-order chi connectivity index (χ1) is 11.7. The number of anilines is 2. The molecule has 0 radical (unpaired) electrons. The van der Waals surface area contributed by atoms with Crippen LogP contribution in [-0.2, 0) is 10.3 Å². The summed E-state index contributed by atoms with van der Waals surface area (Å²) in [5, 5.41) is 0. The number of rotatable bonds is 4. The number of nitrogens with two attached hydrogens (primary N) is 1. The standard InChI is InChI=1S/C14H22N2O.C7H9N/c1-11(15-5)10-17-16-13-8-6-12(7-9-13)14(2,3)4;1-6-2-4-7(8)5-3-6/h6-9,16H,10H2,1-5H3;2-5H,8H2,1H3. The molecule has 0 aliphatic heterocycles. The quantitative estimate of drug-likeness (QED) is 0.467. The Labute approximate surface area is 152 Å². The first-order valence-electron chi connectivity index (χ1n) is 8.45. The summed E-state index contributed by atoms with van der Waals surface area (Å²) in [6.07, 6.45) is 0. The summed E-state index contributed by atoms with van der Waals surface area (Å²) in [4.78, 5) is 9.33. The van der Waals surface area contributed by atoms with Crippen LogP contribution in [0, 0.1) is 6.92 Å². The van der Waals surface area contributed by atoms with Gasteiger partial charge in [-0.25, -0.2) is 0 Å². The molecule has 2 aromatic carbocycles. The van der Waals surface area contributed by atoms with E-state index in [0.29, 0.717) is 6.61 Å². The number of nitrogens with zero attached hydrogens (tertiary/aromatic N) is 1. The summed E-state index contributed by atoms with van der Waals surface area (Å²) in [5.74, 6) is 0. The van der Waals surface area contributed by atoms with Gasteiger partial charge in [-0.15, -0.1) is 0 Å². The average Bonchev–Trinajstić information content (AvgIpc) is 2.57. The number of benzene rings is 2. The van der Waals surface area contributed by atoms with Crippen molar-refractivity contribution in [3.8, 4) is 0 Å². The van der Waals surface area contributed by atoms with Crippen molar-refractivity contribution < 1.29 is 4.84 Å². The molecule has 25 heavy (non-hydrogen) atoms. The molecule has 0 amide bonds. The van der Waals surface area contributed by atoms with Gasteiger partial charge in [-0.2, -0.15) is 0 Å². The van der Waals surface area contributed by atoms with E-state index in [-0.39, 0.29) is 5.41 Å². The number of hydrogen-bond donors (Lipinski definition) is 2. The van der Waals surface area contributed by atoms with E-state index < -0.39 is 0 Å². The second-order valence-corrected chi connectivity index (χ2v) is 7.09. The number of hydrogen-bond acceptors (Lipinski definition) is 4. The number of nitrogens with one attached hydrogen (secondary N) is 1. The van der Waals surface area contributed by atoms with Crippen LogP contribution in [0.25, 0.3) is 0 Å². The van der Waals surface area contributed by atoms with Gasteiger partial charge in [0.25, 0.3) is 0 Å². The maximum Gasteiger partial charge on any atom is 0.112 e. The topological polar surface area (TPSA) is 59.6 Å². The third-order valence-corrected chi connectivity index (χ3v) is 3.68. The lowest BCUT2D eigenvalue weighted by atomic mass is 9.87. The van der Waals surface area contributed by atoms with Crippen molar-refractivity contribution in [3.05, 3.63) is 59.7 Å². The van der Waals surface area contributed by atoms with Gasteiger partial charge in [0.1, 0.15) is 6.61 Å². The lowest BCUT2D eigenvalue weighted by Gasteiger charge is -2.19. The first-order valence-corrected chi connectivity index (χ1v) is 8.45. The maximum atomic E-state index is 5.43. The lowest BCUT2D eigenvalue weighted by molar-refractivity contribution is 0.239. The van der Waals surface area contributed by atoms with E-state index in [1.807, 2.05) is 50.2 Å². The van der Waals surface area contributed by atoms with E-state index in [4.69, 9.17) is 10.6 Å². The van der Waals surface area contributed by atoms with Gasteiger partial charge in [-0.3, -0.25) is 15.3 Å². The highest BCUT2D eigenvalue weighted by Crippen LogP contribution is 2.23. The van der Waals surface area contributed by atoms with Crippen molar-refractivity contribution in [1.82, 2.24) is 0 Å². The van der Waals surface area contributed by atoms with E-state index in [0.717, 1.165) is 17.1 Å². The highest BCUT2D eigenvalue weighted by Gasteiger charge is 2.12. The summed E-state index contributed by atoms with van der Waals surface area (Å²) in [6.45, 7) is 11.1. The van der Waals surface area contributed by atoms with Crippen molar-refractivity contribution in [2.75, 3.05) is 24.9 Å². The zero-order valence-electron chi connectivity index (χ0n) is 16.3. The van der Waals surface area contributed by atoms with E-state index in [9.17, 15) is 0 Å². The number of aryl methyl sites for hydroxylation is 1. The van der Waals surface area contributed by atoms with Gasteiger partial charge >= 0.3 is 0 Å². The molecule has 2 rings (SSSR count). The van der Waals surface area contributed by atoms with Crippen molar-refractivity contribution >= 4 is 17.1 Å². The Balaban J connectivity index is 0.000000324. The smallest absolute Gasteiger partial charge is 0.112 e. The minimum Gasteiger partial charge on any atom is -0.399 e. The normalized spacial score (nSPS) is 11.5. The fourth-order valence-electron chi connectivity index (χ4n) is 1.89. The zero-order chi connectivity index (χ0) is 18.9. The molecule has 0 aliphatic rings. The van der Waals surface area contributed by atoms with Gasteiger partial charge in [-0.05, 0) is 49.1 Å². The Kier molecular flexibility index (Phi) is 8.16. The number of aliphatic imine (C=N–C) groups is 1. The molecule has 0 saturated carbocycles. The molecule has 4 nitrogen and oxygen atoms in total. The molecule has 0 atom stereocenters. The van der Waals surface area contributed by atoms with Crippen LogP contribution in [0.1, 0.15) is 38.8 Å². The van der Waals surface area contributed by atoms with Crippen LogP contribution < -0.4 is 11.2 Å². The van der Waals surface area contributed by atoms with Crippen molar-refractivity contribution in [3.63, 3.8) is 0 Å². The Morgan fingerprint density at radius 3 is 2.04 bits per heavy atom. The van der Waals surface area contributed by atoms with Gasteiger partial charge < -0.3 is 5.73 Å². The van der Waals surface area contributed by atoms with Gasteiger partial charge in [0.05, 0.1) is 5.69 Å². The first kappa shape index (κ1) is 20.7. The van der Waals surface area contributed by atoms with Crippen molar-refractivity contribution in [2.24, 2.45) is 4.99 Å². The maximum absolute atomic E-state index is 5.43. The number of nitrogen functional groups attached to an aromatic ring is 1. The van der Waals surface area contributed by atoms with Crippen LogP contribution >= 0.6 is 0 Å². The minimum absolute atomic E-state index is 0.185. The van der Waals surface area contributed by atoms with Crippen LogP contribution in [-0.4, -0.2) is 19.4 Å². The molecular weight excluding hydrogens is 310 g/mol. The molecule has 4 heteroatoms. The Hall–Kier alpha value is -2.33. The highest BCUT2D eigenvalue weighted by atomic mass is 16.6. The summed E-state index contributed by atoms with van der Waals surface area (Å²) < 4.78 is 0. The fourth-order valence-corrected chi connectivity index (χ4v) is 1.89. The zero-order valence-corrected chi connectivity index (χ0v) is 16.3. The molecule has 0 unspecified atom stereocenters. The summed E-state index contributed by atoms with van der Waals surface area (Å²) >= 11 is 0. The van der Waals surface area contributed by atoms with E-state index in [1.54, 1.807) is 7.05 Å². The van der Waals surface area contributed by atoms with Crippen molar-refractivity contribution in [1.29, 1.82) is 0 Å². The highest BCUT2D eigenvalue weighted by molar-refractivity contribution is 5.83. The Bertz CT molecular complexity index is 632. The van der Waals surface area contributed by atoms with E-state index >= 15 is 0 Å². The monoisotopic (exact) mass is 341 g/mol. The molecule has 0 bridgehead atoms. The summed E-state index contributed by atoms with van der Waals surface area (Å²) in [7, 11) is 1.76. The second kappa shape index (κ2) is 9.84. The predicted molar refractivity (Wildman–Crippen MR) is 109 cm³/mol. The molecule has 0 spiro atoms. The fraction of sp³-hybridized carbons (Fsp3) is 0.381. The molecule has 0 heterocycles. The van der Waals surface area contributed by atoms with Crippen molar-refractivity contribution in [2.45, 2.75) is 40.0 Å². The Morgan fingerprint density at radius 1 is 1.04 bits per heavy atom. The van der Waals surface area contributed by atoms with Crippen LogP contribution in [0.5, 0.6) is 0 Å². The largest absolute Gasteiger partial charge is 0.399 e.